The molecule has 3 heterocycles. The Bertz CT molecular complexity index is 1200. The van der Waals surface area contributed by atoms with Crippen molar-refractivity contribution in [2.24, 2.45) is 0 Å². The van der Waals surface area contributed by atoms with Crippen LogP contribution in [0.2, 0.25) is 5.02 Å². The summed E-state index contributed by atoms with van der Waals surface area (Å²) in [6, 6.07) is 15.1. The molecule has 2 fully saturated rings. The second-order valence-electron chi connectivity index (χ2n) is 9.75. The van der Waals surface area contributed by atoms with E-state index in [0.717, 1.165) is 17.9 Å². The summed E-state index contributed by atoms with van der Waals surface area (Å²) in [5.41, 5.74) is 2.13. The molecule has 1 N–H and O–H groups in total. The highest BCUT2D eigenvalue weighted by Gasteiger charge is 2.41. The van der Waals surface area contributed by atoms with Crippen molar-refractivity contribution in [3.8, 4) is 0 Å². The first kappa shape index (κ1) is 25.0. The minimum Gasteiger partial charge on any atom is -0.361 e. The Labute approximate surface area is 221 Å². The van der Waals surface area contributed by atoms with E-state index in [2.05, 4.69) is 10.2 Å². The Hall–Kier alpha value is -3.72. The number of likely N-dealkylation sites (tertiary alicyclic amines) is 1. The van der Waals surface area contributed by atoms with E-state index in [-0.39, 0.29) is 23.9 Å². The number of amides is 4. The number of halogens is 1. The quantitative estimate of drug-likeness (QED) is 0.653. The van der Waals surface area contributed by atoms with Crippen molar-refractivity contribution in [3.63, 3.8) is 0 Å². The Morgan fingerprint density at radius 1 is 1.03 bits per heavy atom. The molecule has 3 aliphatic rings. The Morgan fingerprint density at radius 3 is 2.35 bits per heavy atom. The second-order valence-corrected chi connectivity index (χ2v) is 10.2. The van der Waals surface area contributed by atoms with Crippen LogP contribution in [0.4, 0.5) is 10.5 Å². The average Bonchev–Trinajstić information content (AvgIpc) is 3.43. The van der Waals surface area contributed by atoms with Crippen LogP contribution in [0.1, 0.15) is 24.4 Å². The van der Waals surface area contributed by atoms with Gasteiger partial charge >= 0.3 is 6.03 Å². The fourth-order valence-electron chi connectivity index (χ4n) is 5.18. The molecule has 0 aromatic heterocycles. The maximum Gasteiger partial charge on any atom is 0.322 e. The third-order valence-electron chi connectivity index (χ3n) is 7.26. The van der Waals surface area contributed by atoms with E-state index >= 15 is 0 Å². The summed E-state index contributed by atoms with van der Waals surface area (Å²) in [5.74, 6) is -0.0889. The Balaban J connectivity index is 1.25. The minimum absolute atomic E-state index is 0.0637. The van der Waals surface area contributed by atoms with Crippen LogP contribution in [-0.4, -0.2) is 84.0 Å². The van der Waals surface area contributed by atoms with Crippen molar-refractivity contribution in [2.45, 2.75) is 24.9 Å². The molecule has 2 saturated heterocycles. The standard InChI is InChI=1S/C27H31ClN6O3/c1-30-16-23-25(35)34(18-33(23)17-30)22-12-14-32(15-13-22)26(36)24(19-6-4-3-5-7-19)29-27(37)31(2)21-10-8-20(28)9-11-21/h3-11,16,22,24H,12-15,17-18H2,1-2H3,(H,29,37). The lowest BCUT2D eigenvalue weighted by Crippen LogP contribution is -2.51. The lowest BCUT2D eigenvalue weighted by molar-refractivity contribution is -0.135. The zero-order chi connectivity index (χ0) is 26.1. The van der Waals surface area contributed by atoms with Crippen LogP contribution in [0, 0.1) is 0 Å². The van der Waals surface area contributed by atoms with Crippen molar-refractivity contribution in [2.75, 3.05) is 45.4 Å². The van der Waals surface area contributed by atoms with E-state index in [4.69, 9.17) is 11.6 Å². The molecule has 37 heavy (non-hydrogen) atoms. The van der Waals surface area contributed by atoms with Crippen molar-refractivity contribution in [3.05, 3.63) is 77.1 Å². The van der Waals surface area contributed by atoms with Gasteiger partial charge in [0.05, 0.1) is 13.3 Å². The highest BCUT2D eigenvalue weighted by atomic mass is 35.5. The number of nitrogens with one attached hydrogen (secondary N) is 1. The molecule has 0 bridgehead atoms. The summed E-state index contributed by atoms with van der Waals surface area (Å²) in [5, 5.41) is 3.51. The smallest absolute Gasteiger partial charge is 0.322 e. The zero-order valence-corrected chi connectivity index (χ0v) is 21.8. The van der Waals surface area contributed by atoms with Crippen LogP contribution in [-0.2, 0) is 9.59 Å². The van der Waals surface area contributed by atoms with Gasteiger partial charge in [-0.2, -0.15) is 0 Å². The largest absolute Gasteiger partial charge is 0.361 e. The summed E-state index contributed by atoms with van der Waals surface area (Å²) in [6.45, 7) is 2.36. The maximum atomic E-state index is 13.7. The predicted molar refractivity (Wildman–Crippen MR) is 141 cm³/mol. The van der Waals surface area contributed by atoms with Crippen LogP contribution in [0.3, 0.4) is 0 Å². The van der Waals surface area contributed by atoms with Crippen molar-refractivity contribution >= 4 is 35.1 Å². The van der Waals surface area contributed by atoms with Gasteiger partial charge in [-0.1, -0.05) is 41.9 Å². The van der Waals surface area contributed by atoms with Crippen LogP contribution < -0.4 is 10.2 Å². The number of nitrogens with zero attached hydrogens (tertiary/aromatic N) is 5. The van der Waals surface area contributed by atoms with Gasteiger partial charge in [-0.05, 0) is 42.7 Å². The molecule has 0 radical (unpaired) electrons. The Morgan fingerprint density at radius 2 is 1.70 bits per heavy atom. The number of carbonyl (C=O) groups excluding carboxylic acids is 3. The molecule has 5 rings (SSSR count). The summed E-state index contributed by atoms with van der Waals surface area (Å²) < 4.78 is 0. The molecule has 10 heteroatoms. The molecule has 3 aliphatic heterocycles. The lowest BCUT2D eigenvalue weighted by atomic mass is 10.0. The molecule has 0 saturated carbocycles. The number of carbonyl (C=O) groups is 3. The van der Waals surface area contributed by atoms with Crippen LogP contribution >= 0.6 is 11.6 Å². The molecular weight excluding hydrogens is 492 g/mol. The molecule has 0 aliphatic carbocycles. The van der Waals surface area contributed by atoms with E-state index in [9.17, 15) is 14.4 Å². The molecule has 0 spiro atoms. The lowest BCUT2D eigenvalue weighted by Gasteiger charge is -2.38. The first-order chi connectivity index (χ1) is 17.8. The molecule has 2 aromatic rings. The SMILES string of the molecule is CN1C=C2C(=O)N(C3CCN(C(=O)C(NC(=O)N(C)c4ccc(Cl)cc4)c4ccccc4)CC3)CN2C1. The maximum absolute atomic E-state index is 13.7. The first-order valence-electron chi connectivity index (χ1n) is 12.4. The molecular formula is C27H31ClN6O3. The zero-order valence-electron chi connectivity index (χ0n) is 21.0. The van der Waals surface area contributed by atoms with Crippen LogP contribution in [0.5, 0.6) is 0 Å². The minimum atomic E-state index is -0.820. The summed E-state index contributed by atoms with van der Waals surface area (Å²) in [4.78, 5) is 49.0. The highest BCUT2D eigenvalue weighted by Crippen LogP contribution is 2.30. The van der Waals surface area contributed by atoms with Crippen molar-refractivity contribution in [1.29, 1.82) is 0 Å². The van der Waals surface area contributed by atoms with Gasteiger partial charge in [0.2, 0.25) is 5.91 Å². The Kier molecular flexibility index (Phi) is 6.97. The third-order valence-corrected chi connectivity index (χ3v) is 7.52. The predicted octanol–water partition coefficient (Wildman–Crippen LogP) is 3.06. The van der Waals surface area contributed by atoms with Gasteiger partial charge in [-0.3, -0.25) is 14.5 Å². The van der Waals surface area contributed by atoms with Gasteiger partial charge in [-0.15, -0.1) is 0 Å². The number of hydrogen-bond acceptors (Lipinski definition) is 5. The van der Waals surface area contributed by atoms with Crippen molar-refractivity contribution < 1.29 is 14.4 Å². The summed E-state index contributed by atoms with van der Waals surface area (Å²) in [6.07, 6.45) is 3.30. The van der Waals surface area contributed by atoms with E-state index in [0.29, 0.717) is 43.3 Å². The number of fused-ring (bicyclic) bond motifs is 1. The van der Waals surface area contributed by atoms with Crippen molar-refractivity contribution in [1.82, 2.24) is 24.9 Å². The number of piperidine rings is 1. The normalized spacial score (nSPS) is 18.6. The van der Waals surface area contributed by atoms with Gasteiger partial charge in [-0.25, -0.2) is 4.79 Å². The molecule has 194 valence electrons. The third kappa shape index (κ3) is 5.09. The van der Waals surface area contributed by atoms with Gasteiger partial charge in [0.15, 0.2) is 0 Å². The molecule has 2 aromatic carbocycles. The molecule has 1 unspecified atom stereocenters. The van der Waals surface area contributed by atoms with E-state index in [1.54, 1.807) is 36.2 Å². The van der Waals surface area contributed by atoms with Gasteiger partial charge in [0.25, 0.3) is 5.91 Å². The van der Waals surface area contributed by atoms with E-state index in [1.807, 2.05) is 53.4 Å². The van der Waals surface area contributed by atoms with Crippen LogP contribution in [0.25, 0.3) is 0 Å². The van der Waals surface area contributed by atoms with E-state index in [1.165, 1.54) is 4.90 Å². The highest BCUT2D eigenvalue weighted by molar-refractivity contribution is 6.30. The summed E-state index contributed by atoms with van der Waals surface area (Å²) >= 11 is 5.98. The first-order valence-corrected chi connectivity index (χ1v) is 12.8. The fraction of sp³-hybridized carbons (Fsp3) is 0.370. The topological polar surface area (TPSA) is 79.4 Å². The second kappa shape index (κ2) is 10.3. The number of urea groups is 1. The molecule has 9 nitrogen and oxygen atoms in total. The number of hydrogen-bond donors (Lipinski definition) is 1. The monoisotopic (exact) mass is 522 g/mol. The average molecular weight is 523 g/mol. The number of anilines is 1. The van der Waals surface area contributed by atoms with Gasteiger partial charge in [0, 0.05) is 50.1 Å². The summed E-state index contributed by atoms with van der Waals surface area (Å²) in [7, 11) is 3.62. The number of benzene rings is 2. The van der Waals surface area contributed by atoms with Gasteiger partial charge in [0.1, 0.15) is 11.7 Å². The van der Waals surface area contributed by atoms with Gasteiger partial charge < -0.3 is 24.9 Å². The van der Waals surface area contributed by atoms with Crippen LogP contribution in [0.15, 0.2) is 66.5 Å². The molecule has 1 atom stereocenters. The fourth-order valence-corrected chi connectivity index (χ4v) is 5.31. The van der Waals surface area contributed by atoms with E-state index < -0.39 is 6.04 Å². The molecule has 4 amide bonds. The number of rotatable bonds is 5.